The van der Waals surface area contributed by atoms with Gasteiger partial charge in [-0.15, -0.1) is 0 Å². The van der Waals surface area contributed by atoms with Crippen LogP contribution in [0.1, 0.15) is 22.3 Å². The first-order chi connectivity index (χ1) is 9.04. The molecule has 2 aromatic rings. The molecule has 0 aliphatic heterocycles. The molecule has 2 nitrogen and oxygen atoms in total. The number of rotatable bonds is 3. The Morgan fingerprint density at radius 2 is 1.42 bits per heavy atom. The summed E-state index contributed by atoms with van der Waals surface area (Å²) in [6.45, 7) is 8.27. The molecule has 0 amide bonds. The number of methoxy groups -OCH3 is 1. The first-order valence-electron chi connectivity index (χ1n) is 6.43. The summed E-state index contributed by atoms with van der Waals surface area (Å²) in [6.07, 6.45) is 0. The van der Waals surface area contributed by atoms with Crippen molar-refractivity contribution in [2.75, 3.05) is 7.11 Å². The Labute approximate surface area is 115 Å². The Hall–Kier alpha value is -1.96. The summed E-state index contributed by atoms with van der Waals surface area (Å²) < 4.78 is 11.5. The molecule has 0 aliphatic rings. The standard InChI is InChI=1S/C17H20O2/c1-11-7-6-8-15(13(11)3)19-16-10-9-12(2)14(4)17(16)18-5/h6-10H,1-5H3. The molecule has 0 saturated carbocycles. The Kier molecular flexibility index (Phi) is 3.79. The lowest BCUT2D eigenvalue weighted by atomic mass is 10.1. The summed E-state index contributed by atoms with van der Waals surface area (Å²) in [5, 5.41) is 0. The molecular weight excluding hydrogens is 236 g/mol. The molecule has 2 aromatic carbocycles. The van der Waals surface area contributed by atoms with Gasteiger partial charge in [0.2, 0.25) is 0 Å². The van der Waals surface area contributed by atoms with Crippen molar-refractivity contribution in [1.29, 1.82) is 0 Å². The van der Waals surface area contributed by atoms with E-state index in [0.717, 1.165) is 28.4 Å². The van der Waals surface area contributed by atoms with Crippen molar-refractivity contribution < 1.29 is 9.47 Å². The van der Waals surface area contributed by atoms with E-state index in [1.807, 2.05) is 25.1 Å². The number of hydrogen-bond donors (Lipinski definition) is 0. The predicted molar refractivity (Wildman–Crippen MR) is 78.5 cm³/mol. The SMILES string of the molecule is COc1c(Oc2cccc(C)c2C)ccc(C)c1C. The van der Waals surface area contributed by atoms with E-state index < -0.39 is 0 Å². The zero-order valence-electron chi connectivity index (χ0n) is 12.2. The molecule has 19 heavy (non-hydrogen) atoms. The lowest BCUT2D eigenvalue weighted by Crippen LogP contribution is -1.96. The molecule has 0 aromatic heterocycles. The van der Waals surface area contributed by atoms with Crippen LogP contribution in [0.25, 0.3) is 0 Å². The quantitative estimate of drug-likeness (QED) is 0.791. The minimum absolute atomic E-state index is 0.763. The van der Waals surface area contributed by atoms with Crippen LogP contribution >= 0.6 is 0 Å². The van der Waals surface area contributed by atoms with Crippen molar-refractivity contribution >= 4 is 0 Å². The largest absolute Gasteiger partial charge is 0.493 e. The van der Waals surface area contributed by atoms with Gasteiger partial charge >= 0.3 is 0 Å². The average molecular weight is 256 g/mol. The Morgan fingerprint density at radius 3 is 2.11 bits per heavy atom. The van der Waals surface area contributed by atoms with Crippen LogP contribution in [0.4, 0.5) is 0 Å². The third-order valence-corrected chi connectivity index (χ3v) is 3.62. The highest BCUT2D eigenvalue weighted by Gasteiger charge is 2.12. The van der Waals surface area contributed by atoms with Crippen LogP contribution in [0.2, 0.25) is 0 Å². The average Bonchev–Trinajstić information content (AvgIpc) is 2.39. The molecule has 0 aliphatic carbocycles. The van der Waals surface area contributed by atoms with Gasteiger partial charge in [0.1, 0.15) is 5.75 Å². The maximum Gasteiger partial charge on any atom is 0.169 e. The van der Waals surface area contributed by atoms with E-state index >= 15 is 0 Å². The highest BCUT2D eigenvalue weighted by molar-refractivity contribution is 5.52. The molecule has 0 fully saturated rings. The van der Waals surface area contributed by atoms with Crippen LogP contribution in [0.3, 0.4) is 0 Å². The van der Waals surface area contributed by atoms with E-state index in [-0.39, 0.29) is 0 Å². The highest BCUT2D eigenvalue weighted by atomic mass is 16.5. The van der Waals surface area contributed by atoms with Crippen LogP contribution < -0.4 is 9.47 Å². The smallest absolute Gasteiger partial charge is 0.169 e. The summed E-state index contributed by atoms with van der Waals surface area (Å²) in [5.74, 6) is 2.45. The van der Waals surface area contributed by atoms with Crippen molar-refractivity contribution in [3.8, 4) is 17.2 Å². The fraction of sp³-hybridized carbons (Fsp3) is 0.294. The van der Waals surface area contributed by atoms with Crippen molar-refractivity contribution in [2.24, 2.45) is 0 Å². The third-order valence-electron chi connectivity index (χ3n) is 3.62. The number of benzene rings is 2. The second kappa shape index (κ2) is 5.35. The van der Waals surface area contributed by atoms with Gasteiger partial charge in [-0.25, -0.2) is 0 Å². The Balaban J connectivity index is 2.44. The van der Waals surface area contributed by atoms with Gasteiger partial charge in [0, 0.05) is 0 Å². The van der Waals surface area contributed by atoms with Gasteiger partial charge in [-0.2, -0.15) is 0 Å². The van der Waals surface area contributed by atoms with Crippen LogP contribution in [0.5, 0.6) is 17.2 Å². The summed E-state index contributed by atoms with van der Waals surface area (Å²) in [4.78, 5) is 0. The normalized spacial score (nSPS) is 10.4. The molecule has 2 rings (SSSR count). The molecular formula is C17H20O2. The lowest BCUT2D eigenvalue weighted by molar-refractivity contribution is 0.375. The topological polar surface area (TPSA) is 18.5 Å². The summed E-state index contributed by atoms with van der Waals surface area (Å²) >= 11 is 0. The zero-order chi connectivity index (χ0) is 14.0. The Morgan fingerprint density at radius 1 is 0.737 bits per heavy atom. The summed E-state index contributed by atoms with van der Waals surface area (Å²) in [7, 11) is 1.68. The molecule has 0 N–H and O–H groups in total. The lowest BCUT2D eigenvalue weighted by Gasteiger charge is -2.16. The summed E-state index contributed by atoms with van der Waals surface area (Å²) in [6, 6.07) is 10.1. The molecule has 100 valence electrons. The van der Waals surface area contributed by atoms with E-state index in [2.05, 4.69) is 32.9 Å². The second-order valence-electron chi connectivity index (χ2n) is 4.84. The fourth-order valence-electron chi connectivity index (χ4n) is 2.05. The van der Waals surface area contributed by atoms with Gasteiger partial charge in [-0.1, -0.05) is 18.2 Å². The van der Waals surface area contributed by atoms with Crippen LogP contribution in [0.15, 0.2) is 30.3 Å². The van der Waals surface area contributed by atoms with Crippen LogP contribution in [-0.2, 0) is 0 Å². The zero-order valence-corrected chi connectivity index (χ0v) is 12.2. The van der Waals surface area contributed by atoms with Gasteiger partial charge < -0.3 is 9.47 Å². The summed E-state index contributed by atoms with van der Waals surface area (Å²) in [5.41, 5.74) is 4.69. The molecule has 0 radical (unpaired) electrons. The maximum absolute atomic E-state index is 6.02. The van der Waals surface area contributed by atoms with E-state index in [1.165, 1.54) is 11.1 Å². The number of hydrogen-bond acceptors (Lipinski definition) is 2. The maximum atomic E-state index is 6.02. The first kappa shape index (κ1) is 13.5. The molecule has 0 unspecified atom stereocenters. The Bertz CT molecular complexity index is 600. The van der Waals surface area contributed by atoms with E-state index in [1.54, 1.807) is 7.11 Å². The predicted octanol–water partition coefficient (Wildman–Crippen LogP) is 4.72. The first-order valence-corrected chi connectivity index (χ1v) is 6.43. The van der Waals surface area contributed by atoms with Crippen molar-refractivity contribution in [3.05, 3.63) is 52.6 Å². The van der Waals surface area contributed by atoms with Crippen molar-refractivity contribution in [1.82, 2.24) is 0 Å². The van der Waals surface area contributed by atoms with E-state index in [0.29, 0.717) is 0 Å². The fourth-order valence-corrected chi connectivity index (χ4v) is 2.05. The third kappa shape index (κ3) is 2.58. The molecule has 0 atom stereocenters. The van der Waals surface area contributed by atoms with Gasteiger partial charge in [0.05, 0.1) is 7.11 Å². The monoisotopic (exact) mass is 256 g/mol. The van der Waals surface area contributed by atoms with E-state index in [9.17, 15) is 0 Å². The van der Waals surface area contributed by atoms with E-state index in [4.69, 9.17) is 9.47 Å². The molecule has 2 heteroatoms. The van der Waals surface area contributed by atoms with Crippen LogP contribution in [0, 0.1) is 27.7 Å². The highest BCUT2D eigenvalue weighted by Crippen LogP contribution is 2.37. The molecule has 0 saturated heterocycles. The van der Waals surface area contributed by atoms with Gasteiger partial charge in [-0.3, -0.25) is 0 Å². The minimum atomic E-state index is 0.763. The minimum Gasteiger partial charge on any atom is -0.493 e. The molecule has 0 heterocycles. The van der Waals surface area contributed by atoms with Gasteiger partial charge in [-0.05, 0) is 62.1 Å². The molecule has 0 spiro atoms. The van der Waals surface area contributed by atoms with Crippen molar-refractivity contribution in [3.63, 3.8) is 0 Å². The van der Waals surface area contributed by atoms with Gasteiger partial charge in [0.15, 0.2) is 11.5 Å². The molecule has 0 bridgehead atoms. The number of aryl methyl sites for hydroxylation is 2. The number of ether oxygens (including phenoxy) is 2. The van der Waals surface area contributed by atoms with Crippen LogP contribution in [-0.4, -0.2) is 7.11 Å². The second-order valence-corrected chi connectivity index (χ2v) is 4.84. The van der Waals surface area contributed by atoms with Gasteiger partial charge in [0.25, 0.3) is 0 Å². The van der Waals surface area contributed by atoms with Crippen molar-refractivity contribution in [2.45, 2.75) is 27.7 Å².